The Morgan fingerprint density at radius 1 is 1.26 bits per heavy atom. The molecule has 7 nitrogen and oxygen atoms in total. The number of aromatic nitrogens is 2. The second kappa shape index (κ2) is 4.77. The number of nitrogens with two attached hydrogens (primary N) is 1. The van der Waals surface area contributed by atoms with Gasteiger partial charge in [-0.2, -0.15) is 0 Å². The second-order valence-corrected chi connectivity index (χ2v) is 7.47. The van der Waals surface area contributed by atoms with E-state index in [-0.39, 0.29) is 5.69 Å². The number of nitrogens with zero attached hydrogens (tertiary/aromatic N) is 2. The Hall–Kier alpha value is -2.45. The molecule has 0 bridgehead atoms. The molecule has 3 rings (SSSR count). The zero-order valence-electron chi connectivity index (χ0n) is 12.5. The summed E-state index contributed by atoms with van der Waals surface area (Å²) < 4.78 is 25.5. The average molecular weight is 333 g/mol. The van der Waals surface area contributed by atoms with E-state index in [1.165, 1.54) is 23.2 Å². The smallest absolute Gasteiger partial charge is 0.329 e. The van der Waals surface area contributed by atoms with Crippen LogP contribution in [0.3, 0.4) is 0 Å². The van der Waals surface area contributed by atoms with Gasteiger partial charge >= 0.3 is 5.97 Å². The Kier molecular flexibility index (Phi) is 3.20. The van der Waals surface area contributed by atoms with Gasteiger partial charge in [0, 0.05) is 10.8 Å². The number of pyridine rings is 1. The van der Waals surface area contributed by atoms with E-state index in [1.54, 1.807) is 24.3 Å². The summed E-state index contributed by atoms with van der Waals surface area (Å²) in [5.74, 6) is -1.21. The number of rotatable bonds is 3. The largest absolute Gasteiger partial charge is 0.480 e. The summed E-state index contributed by atoms with van der Waals surface area (Å²) in [4.78, 5) is 15.4. The van der Waals surface area contributed by atoms with Crippen LogP contribution in [0, 0.1) is 0 Å². The van der Waals surface area contributed by atoms with Crippen LogP contribution in [-0.4, -0.2) is 34.7 Å². The molecule has 0 fully saturated rings. The third kappa shape index (κ3) is 2.27. The summed E-state index contributed by atoms with van der Waals surface area (Å²) in [6, 6.07) is 8.52. The molecule has 2 heterocycles. The number of hydrogen-bond acceptors (Lipinski definition) is 5. The Labute approximate surface area is 132 Å². The van der Waals surface area contributed by atoms with Crippen molar-refractivity contribution in [1.82, 2.24) is 8.96 Å². The molecule has 2 aromatic heterocycles. The average Bonchev–Trinajstić information content (AvgIpc) is 2.80. The minimum Gasteiger partial charge on any atom is -0.480 e. The van der Waals surface area contributed by atoms with Gasteiger partial charge in [-0.15, -0.1) is 0 Å². The van der Waals surface area contributed by atoms with Crippen molar-refractivity contribution in [3.63, 3.8) is 0 Å². The van der Waals surface area contributed by atoms with Crippen molar-refractivity contribution < 1.29 is 18.3 Å². The molecule has 0 saturated heterocycles. The van der Waals surface area contributed by atoms with E-state index in [2.05, 4.69) is 4.98 Å². The topological polar surface area (TPSA) is 115 Å². The first-order valence-electron chi connectivity index (χ1n) is 6.76. The maximum absolute atomic E-state index is 12.1. The molecule has 1 unspecified atom stereocenters. The molecule has 0 spiro atoms. The van der Waals surface area contributed by atoms with E-state index in [9.17, 15) is 18.3 Å². The number of aliphatic carboxylic acids is 1. The van der Waals surface area contributed by atoms with E-state index in [1.807, 2.05) is 0 Å². The minimum atomic E-state index is -3.55. The van der Waals surface area contributed by atoms with E-state index in [0.29, 0.717) is 21.8 Å². The monoisotopic (exact) mass is 333 g/mol. The van der Waals surface area contributed by atoms with Gasteiger partial charge in [0.2, 0.25) is 10.0 Å². The highest BCUT2D eigenvalue weighted by Gasteiger charge is 2.32. The second-order valence-electron chi connectivity index (χ2n) is 5.64. The molecule has 1 aromatic carbocycles. The van der Waals surface area contributed by atoms with Crippen LogP contribution in [0.4, 0.5) is 0 Å². The highest BCUT2D eigenvalue weighted by Crippen LogP contribution is 2.31. The lowest BCUT2D eigenvalue weighted by Gasteiger charge is -2.18. The number of hydrogen-bond donors (Lipinski definition) is 2. The Morgan fingerprint density at radius 3 is 2.52 bits per heavy atom. The molecule has 8 heteroatoms. The van der Waals surface area contributed by atoms with Gasteiger partial charge in [0.15, 0.2) is 5.54 Å². The Morgan fingerprint density at radius 2 is 1.91 bits per heavy atom. The van der Waals surface area contributed by atoms with Crippen LogP contribution in [0.2, 0.25) is 0 Å². The van der Waals surface area contributed by atoms with E-state index in [4.69, 9.17) is 5.73 Å². The standard InChI is InChI=1S/C15H15N3O4S/c1-15(16,14(19)20)13-7-10-9-5-3-4-6-11(9)18(23(2,21)22)12(10)8-17-13/h3-8H,16H2,1-2H3,(H,19,20). The number of fused-ring (bicyclic) bond motifs is 3. The van der Waals surface area contributed by atoms with Crippen LogP contribution < -0.4 is 5.73 Å². The van der Waals surface area contributed by atoms with Crippen molar-refractivity contribution >= 4 is 37.8 Å². The lowest BCUT2D eigenvalue weighted by molar-refractivity contribution is -0.143. The summed E-state index contributed by atoms with van der Waals surface area (Å²) >= 11 is 0. The van der Waals surface area contributed by atoms with Gasteiger partial charge in [-0.25, -0.2) is 17.2 Å². The maximum Gasteiger partial charge on any atom is 0.329 e. The van der Waals surface area contributed by atoms with Crippen LogP contribution in [0.1, 0.15) is 12.6 Å². The van der Waals surface area contributed by atoms with Crippen LogP contribution in [-0.2, 0) is 20.4 Å². The van der Waals surface area contributed by atoms with Crippen LogP contribution >= 0.6 is 0 Å². The van der Waals surface area contributed by atoms with Gasteiger partial charge in [0.25, 0.3) is 0 Å². The van der Waals surface area contributed by atoms with Crippen LogP contribution in [0.5, 0.6) is 0 Å². The molecule has 0 radical (unpaired) electrons. The van der Waals surface area contributed by atoms with E-state index >= 15 is 0 Å². The van der Waals surface area contributed by atoms with Crippen molar-refractivity contribution in [2.24, 2.45) is 5.73 Å². The van der Waals surface area contributed by atoms with Gasteiger partial charge < -0.3 is 10.8 Å². The third-order valence-corrected chi connectivity index (χ3v) is 4.88. The van der Waals surface area contributed by atoms with Crippen molar-refractivity contribution in [3.05, 3.63) is 42.2 Å². The summed E-state index contributed by atoms with van der Waals surface area (Å²) in [5, 5.41) is 10.5. The number of para-hydroxylation sites is 1. The van der Waals surface area contributed by atoms with Crippen molar-refractivity contribution in [3.8, 4) is 0 Å². The van der Waals surface area contributed by atoms with E-state index < -0.39 is 21.5 Å². The first-order chi connectivity index (χ1) is 10.6. The van der Waals surface area contributed by atoms with Crippen molar-refractivity contribution in [2.45, 2.75) is 12.5 Å². The predicted octanol–water partition coefficient (Wildman–Crippen LogP) is 1.26. The van der Waals surface area contributed by atoms with Crippen molar-refractivity contribution in [1.29, 1.82) is 0 Å². The number of carbonyl (C=O) groups is 1. The molecule has 0 saturated carbocycles. The fourth-order valence-corrected chi connectivity index (χ4v) is 3.60. The van der Waals surface area contributed by atoms with Crippen LogP contribution in [0.25, 0.3) is 21.8 Å². The zero-order valence-corrected chi connectivity index (χ0v) is 13.3. The number of benzene rings is 1. The SMILES string of the molecule is CC(N)(C(=O)O)c1cc2c3ccccc3n(S(C)(=O)=O)c2cn1. The summed E-state index contributed by atoms with van der Waals surface area (Å²) in [7, 11) is -3.55. The normalized spacial score (nSPS) is 14.9. The zero-order chi connectivity index (χ0) is 17.0. The van der Waals surface area contributed by atoms with Gasteiger partial charge in [0.05, 0.1) is 29.2 Å². The Balaban J connectivity index is 2.47. The summed E-state index contributed by atoms with van der Waals surface area (Å²) in [6.07, 6.45) is 2.46. The lowest BCUT2D eigenvalue weighted by atomic mass is 9.97. The summed E-state index contributed by atoms with van der Waals surface area (Å²) in [5.41, 5.74) is 5.22. The molecule has 120 valence electrons. The van der Waals surface area contributed by atoms with E-state index in [0.717, 1.165) is 6.26 Å². The van der Waals surface area contributed by atoms with Gasteiger partial charge in [0.1, 0.15) is 0 Å². The number of carboxylic acids is 1. The highest BCUT2D eigenvalue weighted by molar-refractivity contribution is 7.89. The molecule has 0 aliphatic rings. The highest BCUT2D eigenvalue weighted by atomic mass is 32.2. The lowest BCUT2D eigenvalue weighted by Crippen LogP contribution is -2.42. The molecule has 23 heavy (non-hydrogen) atoms. The molecule has 3 N–H and O–H groups in total. The molecule has 0 aliphatic carbocycles. The first-order valence-corrected chi connectivity index (χ1v) is 8.61. The molecule has 0 aliphatic heterocycles. The molecule has 1 atom stereocenters. The fraction of sp³-hybridized carbons (Fsp3) is 0.200. The summed E-state index contributed by atoms with van der Waals surface area (Å²) in [6.45, 7) is 1.35. The maximum atomic E-state index is 12.1. The van der Waals surface area contributed by atoms with Gasteiger partial charge in [-0.1, -0.05) is 18.2 Å². The number of carboxylic acid groups (broad SMARTS) is 1. The molecular formula is C15H15N3O4S. The predicted molar refractivity (Wildman–Crippen MR) is 86.7 cm³/mol. The third-order valence-electron chi connectivity index (χ3n) is 3.82. The van der Waals surface area contributed by atoms with Crippen LogP contribution in [0.15, 0.2) is 36.5 Å². The first kappa shape index (κ1) is 15.4. The molecular weight excluding hydrogens is 318 g/mol. The fourth-order valence-electron chi connectivity index (χ4n) is 2.58. The van der Waals surface area contributed by atoms with Crippen molar-refractivity contribution in [2.75, 3.05) is 6.26 Å². The quantitative estimate of drug-likeness (QED) is 0.745. The Bertz CT molecular complexity index is 1050. The van der Waals surface area contributed by atoms with Gasteiger partial charge in [-0.05, 0) is 19.1 Å². The molecule has 0 amide bonds. The minimum absolute atomic E-state index is 0.161. The van der Waals surface area contributed by atoms with Gasteiger partial charge in [-0.3, -0.25) is 4.98 Å². The molecule has 3 aromatic rings.